The predicted molar refractivity (Wildman–Crippen MR) is 135 cm³/mol. The molecule has 0 radical (unpaired) electrons. The fourth-order valence-electron chi connectivity index (χ4n) is 3.56. The maximum Gasteiger partial charge on any atom is 0.243 e. The van der Waals surface area contributed by atoms with Crippen LogP contribution >= 0.6 is 34.8 Å². The van der Waals surface area contributed by atoms with Crippen molar-refractivity contribution in [3.63, 3.8) is 0 Å². The summed E-state index contributed by atoms with van der Waals surface area (Å²) in [7, 11) is 0. The lowest BCUT2D eigenvalue weighted by molar-refractivity contribution is -0.140. The van der Waals surface area contributed by atoms with Crippen molar-refractivity contribution in [2.75, 3.05) is 6.54 Å². The van der Waals surface area contributed by atoms with Gasteiger partial charge >= 0.3 is 0 Å². The number of rotatable bonds is 9. The predicted octanol–water partition coefficient (Wildman–Crippen LogP) is 5.97. The van der Waals surface area contributed by atoms with E-state index in [9.17, 15) is 9.59 Å². The van der Waals surface area contributed by atoms with E-state index in [2.05, 4.69) is 5.32 Å². The van der Waals surface area contributed by atoms with Crippen molar-refractivity contribution in [1.29, 1.82) is 0 Å². The van der Waals surface area contributed by atoms with Crippen molar-refractivity contribution < 1.29 is 9.59 Å². The van der Waals surface area contributed by atoms with E-state index in [1.165, 1.54) is 0 Å². The summed E-state index contributed by atoms with van der Waals surface area (Å²) in [6.07, 6.45) is 0.439. The Bertz CT molecular complexity index is 1090. The number of halogens is 3. The molecule has 0 aliphatic rings. The van der Waals surface area contributed by atoms with Gasteiger partial charge in [-0.3, -0.25) is 9.59 Å². The molecule has 3 aromatic rings. The Morgan fingerprint density at radius 3 is 2.18 bits per heavy atom. The number of carbonyl (C=O) groups is 2. The zero-order valence-corrected chi connectivity index (χ0v) is 20.5. The monoisotopic (exact) mass is 502 g/mol. The molecule has 1 atom stereocenters. The molecule has 7 heteroatoms. The maximum absolute atomic E-state index is 13.6. The molecule has 1 unspecified atom stereocenters. The molecular weight excluding hydrogens is 479 g/mol. The summed E-state index contributed by atoms with van der Waals surface area (Å²) in [6, 6.07) is 21.3. The minimum Gasteiger partial charge on any atom is -0.355 e. The smallest absolute Gasteiger partial charge is 0.243 e. The number of nitrogens with zero attached hydrogens (tertiary/aromatic N) is 1. The summed E-state index contributed by atoms with van der Waals surface area (Å²) >= 11 is 18.4. The first-order chi connectivity index (χ1) is 15.9. The van der Waals surface area contributed by atoms with Crippen LogP contribution in [0.4, 0.5) is 0 Å². The van der Waals surface area contributed by atoms with Gasteiger partial charge in [-0.2, -0.15) is 0 Å². The summed E-state index contributed by atoms with van der Waals surface area (Å²) in [5, 5.41) is 4.40. The average molecular weight is 504 g/mol. The van der Waals surface area contributed by atoms with Gasteiger partial charge in [-0.05, 0) is 47.9 Å². The van der Waals surface area contributed by atoms with Crippen molar-refractivity contribution >= 4 is 46.6 Å². The van der Waals surface area contributed by atoms with Crippen LogP contribution in [-0.4, -0.2) is 29.3 Å². The number of benzene rings is 3. The second-order valence-electron chi connectivity index (χ2n) is 7.66. The van der Waals surface area contributed by atoms with E-state index < -0.39 is 6.04 Å². The zero-order chi connectivity index (χ0) is 23.8. The van der Waals surface area contributed by atoms with E-state index in [1.54, 1.807) is 35.2 Å². The fourth-order valence-corrected chi connectivity index (χ4v) is 4.16. The molecule has 0 spiro atoms. The molecular formula is C26H25Cl3N2O2. The van der Waals surface area contributed by atoms with Crippen LogP contribution in [0.2, 0.25) is 15.1 Å². The molecule has 4 nitrogen and oxygen atoms in total. The van der Waals surface area contributed by atoms with Gasteiger partial charge in [0.15, 0.2) is 0 Å². The normalized spacial score (nSPS) is 11.6. The number of amides is 2. The molecule has 3 rings (SSSR count). The standard InChI is InChI=1S/C26H25Cl3N2O2/c1-2-30-26(33)24(14-18-6-4-3-5-7-18)31(17-19-8-11-21(27)12-9-19)25(32)15-20-10-13-22(28)16-23(20)29/h3-13,16,24H,2,14-15,17H2,1H3,(H,30,33). The molecule has 3 aromatic carbocycles. The first-order valence-electron chi connectivity index (χ1n) is 10.7. The molecule has 172 valence electrons. The lowest BCUT2D eigenvalue weighted by Crippen LogP contribution is -2.51. The average Bonchev–Trinajstić information content (AvgIpc) is 2.80. The second-order valence-corrected chi connectivity index (χ2v) is 8.94. The summed E-state index contributed by atoms with van der Waals surface area (Å²) in [4.78, 5) is 28.3. The molecule has 0 aliphatic heterocycles. The topological polar surface area (TPSA) is 49.4 Å². The Labute approximate surface area is 209 Å². The van der Waals surface area contributed by atoms with Crippen LogP contribution in [0.5, 0.6) is 0 Å². The number of hydrogen-bond acceptors (Lipinski definition) is 2. The van der Waals surface area contributed by atoms with Crippen LogP contribution in [0.15, 0.2) is 72.8 Å². The first-order valence-corrected chi connectivity index (χ1v) is 11.8. The first kappa shape index (κ1) is 25.1. The summed E-state index contributed by atoms with van der Waals surface area (Å²) in [6.45, 7) is 2.59. The van der Waals surface area contributed by atoms with Gasteiger partial charge < -0.3 is 10.2 Å². The Hall–Kier alpha value is -2.53. The largest absolute Gasteiger partial charge is 0.355 e. The van der Waals surface area contributed by atoms with Gasteiger partial charge in [0, 0.05) is 34.6 Å². The van der Waals surface area contributed by atoms with Gasteiger partial charge in [-0.25, -0.2) is 0 Å². The fraction of sp³-hybridized carbons (Fsp3) is 0.231. The van der Waals surface area contributed by atoms with Crippen molar-refractivity contribution in [3.05, 3.63) is 105 Å². The number of nitrogens with one attached hydrogen (secondary N) is 1. The Morgan fingerprint density at radius 2 is 1.55 bits per heavy atom. The zero-order valence-electron chi connectivity index (χ0n) is 18.2. The van der Waals surface area contributed by atoms with Gasteiger partial charge in [0.25, 0.3) is 0 Å². The Kier molecular flexibility index (Phi) is 9.19. The highest BCUT2D eigenvalue weighted by Gasteiger charge is 2.30. The molecule has 0 aromatic heterocycles. The van der Waals surface area contributed by atoms with Crippen molar-refractivity contribution in [3.8, 4) is 0 Å². The van der Waals surface area contributed by atoms with Crippen molar-refractivity contribution in [2.45, 2.75) is 32.4 Å². The molecule has 33 heavy (non-hydrogen) atoms. The quantitative estimate of drug-likeness (QED) is 0.391. The molecule has 0 fully saturated rings. The van der Waals surface area contributed by atoms with E-state index in [1.807, 2.05) is 49.4 Å². The molecule has 0 saturated carbocycles. The summed E-state index contributed by atoms with van der Waals surface area (Å²) < 4.78 is 0. The highest BCUT2D eigenvalue weighted by Crippen LogP contribution is 2.23. The van der Waals surface area contributed by atoms with E-state index in [0.29, 0.717) is 33.6 Å². The minimum absolute atomic E-state index is 0.0499. The highest BCUT2D eigenvalue weighted by molar-refractivity contribution is 6.35. The second kappa shape index (κ2) is 12.1. The van der Waals surface area contributed by atoms with E-state index in [-0.39, 0.29) is 24.8 Å². The van der Waals surface area contributed by atoms with Gasteiger partial charge in [0.1, 0.15) is 6.04 Å². The molecule has 0 aliphatic carbocycles. The number of carbonyl (C=O) groups excluding carboxylic acids is 2. The molecule has 0 bridgehead atoms. The third-order valence-corrected chi connectivity index (χ3v) is 6.08. The van der Waals surface area contributed by atoms with Crippen molar-refractivity contribution in [2.24, 2.45) is 0 Å². The van der Waals surface area contributed by atoms with Crippen LogP contribution in [0.25, 0.3) is 0 Å². The molecule has 1 N–H and O–H groups in total. The van der Waals surface area contributed by atoms with Gasteiger partial charge in [0.05, 0.1) is 6.42 Å². The van der Waals surface area contributed by atoms with Crippen LogP contribution in [0.3, 0.4) is 0 Å². The summed E-state index contributed by atoms with van der Waals surface area (Å²) in [5.74, 6) is -0.410. The third kappa shape index (κ3) is 7.23. The number of likely N-dealkylation sites (N-methyl/N-ethyl adjacent to an activating group) is 1. The SMILES string of the molecule is CCNC(=O)C(Cc1ccccc1)N(Cc1ccc(Cl)cc1)C(=O)Cc1ccc(Cl)cc1Cl. The third-order valence-electron chi connectivity index (χ3n) is 5.25. The van der Waals surface area contributed by atoms with E-state index in [0.717, 1.165) is 11.1 Å². The highest BCUT2D eigenvalue weighted by atomic mass is 35.5. The minimum atomic E-state index is -0.693. The number of hydrogen-bond donors (Lipinski definition) is 1. The maximum atomic E-state index is 13.6. The lowest BCUT2D eigenvalue weighted by Gasteiger charge is -2.31. The van der Waals surface area contributed by atoms with Gasteiger partial charge in [-0.15, -0.1) is 0 Å². The molecule has 2 amide bonds. The van der Waals surface area contributed by atoms with E-state index in [4.69, 9.17) is 34.8 Å². The van der Waals surface area contributed by atoms with Gasteiger partial charge in [0.2, 0.25) is 11.8 Å². The Balaban J connectivity index is 1.96. The lowest BCUT2D eigenvalue weighted by atomic mass is 10.0. The Morgan fingerprint density at radius 1 is 0.879 bits per heavy atom. The van der Waals surface area contributed by atoms with Gasteiger partial charge in [-0.1, -0.05) is 83.3 Å². The van der Waals surface area contributed by atoms with Crippen molar-refractivity contribution in [1.82, 2.24) is 10.2 Å². The van der Waals surface area contributed by atoms with Crippen LogP contribution in [-0.2, 0) is 29.0 Å². The summed E-state index contributed by atoms with van der Waals surface area (Å²) in [5.41, 5.74) is 2.49. The van der Waals surface area contributed by atoms with E-state index >= 15 is 0 Å². The molecule has 0 heterocycles. The van der Waals surface area contributed by atoms with Crippen LogP contribution in [0.1, 0.15) is 23.6 Å². The van der Waals surface area contributed by atoms with Crippen LogP contribution < -0.4 is 5.32 Å². The molecule has 0 saturated heterocycles. The van der Waals surface area contributed by atoms with Crippen LogP contribution in [0, 0.1) is 0 Å².